The predicted molar refractivity (Wildman–Crippen MR) is 75.3 cm³/mol. The number of carbonyl (C=O) groups is 2. The fourth-order valence-corrected chi connectivity index (χ4v) is 2.90. The Bertz CT molecular complexity index is 343. The Morgan fingerprint density at radius 2 is 1.84 bits per heavy atom. The molecule has 1 spiro atoms. The zero-order chi connectivity index (χ0) is 13.7. The first-order valence-electron chi connectivity index (χ1n) is 7.02. The van der Waals surface area contributed by atoms with Crippen LogP contribution in [0.2, 0.25) is 0 Å². The van der Waals surface area contributed by atoms with E-state index in [1.54, 1.807) is 0 Å². The van der Waals surface area contributed by atoms with Crippen LogP contribution in [0.3, 0.4) is 0 Å². The van der Waals surface area contributed by atoms with E-state index in [1.165, 1.54) is 4.90 Å². The number of unbranched alkanes of at least 4 members (excludes halogenated alkanes) is 3. The van der Waals surface area contributed by atoms with Crippen molar-refractivity contribution in [3.05, 3.63) is 0 Å². The summed E-state index contributed by atoms with van der Waals surface area (Å²) < 4.78 is 5.27. The van der Waals surface area contributed by atoms with Crippen molar-refractivity contribution in [2.24, 2.45) is 0 Å². The third kappa shape index (κ3) is 3.23. The largest absolute Gasteiger partial charge is 0.381 e. The molecule has 2 aliphatic heterocycles. The van der Waals surface area contributed by atoms with Crippen LogP contribution in [-0.4, -0.2) is 47.9 Å². The quantitative estimate of drug-likeness (QED) is 0.443. The van der Waals surface area contributed by atoms with Gasteiger partial charge < -0.3 is 10.1 Å². The van der Waals surface area contributed by atoms with Crippen LogP contribution in [0, 0.1) is 0 Å². The molecule has 0 aromatic heterocycles. The van der Waals surface area contributed by atoms with Crippen molar-refractivity contribution in [1.29, 1.82) is 0 Å². The predicted octanol–water partition coefficient (Wildman–Crippen LogP) is 1.58. The van der Waals surface area contributed by atoms with E-state index in [1.807, 2.05) is 0 Å². The average Bonchev–Trinajstić information content (AvgIpc) is 2.63. The number of rotatable bonds is 6. The summed E-state index contributed by atoms with van der Waals surface area (Å²) in [6.45, 7) is 1.61. The van der Waals surface area contributed by atoms with Gasteiger partial charge >= 0.3 is 6.03 Å². The molecule has 3 amide bonds. The van der Waals surface area contributed by atoms with Gasteiger partial charge in [-0.05, 0) is 18.6 Å². The minimum Gasteiger partial charge on any atom is -0.381 e. The lowest BCUT2D eigenvalue weighted by atomic mass is 9.90. The minimum absolute atomic E-state index is 0.0602. The fourth-order valence-electron chi connectivity index (χ4n) is 2.67. The molecule has 19 heavy (non-hydrogen) atoms. The van der Waals surface area contributed by atoms with Gasteiger partial charge in [0, 0.05) is 32.6 Å². The third-order valence-corrected chi connectivity index (χ3v) is 4.20. The van der Waals surface area contributed by atoms with E-state index in [2.05, 4.69) is 17.9 Å². The highest BCUT2D eigenvalue weighted by molar-refractivity contribution is 7.80. The van der Waals surface area contributed by atoms with Gasteiger partial charge in [-0.2, -0.15) is 12.6 Å². The Kier molecular flexibility index (Phi) is 5.10. The number of urea groups is 1. The van der Waals surface area contributed by atoms with Crippen LogP contribution in [0.15, 0.2) is 0 Å². The van der Waals surface area contributed by atoms with Crippen LogP contribution < -0.4 is 5.32 Å². The van der Waals surface area contributed by atoms with Crippen molar-refractivity contribution in [3.63, 3.8) is 0 Å². The number of nitrogens with one attached hydrogen (secondary N) is 1. The first-order valence-corrected chi connectivity index (χ1v) is 7.65. The highest BCUT2D eigenvalue weighted by Gasteiger charge is 2.51. The van der Waals surface area contributed by atoms with Gasteiger partial charge in [0.05, 0.1) is 0 Å². The number of imide groups is 1. The highest BCUT2D eigenvalue weighted by Crippen LogP contribution is 2.28. The molecule has 2 saturated heterocycles. The molecule has 0 atom stereocenters. The summed E-state index contributed by atoms with van der Waals surface area (Å²) in [5, 5.41) is 2.87. The Morgan fingerprint density at radius 1 is 1.16 bits per heavy atom. The average molecular weight is 286 g/mol. The van der Waals surface area contributed by atoms with E-state index in [0.717, 1.165) is 31.4 Å². The van der Waals surface area contributed by atoms with Crippen LogP contribution in [0.5, 0.6) is 0 Å². The molecule has 5 nitrogen and oxygen atoms in total. The number of carbonyl (C=O) groups excluding carboxylic acids is 2. The second-order valence-corrected chi connectivity index (χ2v) is 5.67. The van der Waals surface area contributed by atoms with Gasteiger partial charge in [0.25, 0.3) is 5.91 Å². The Labute approximate surface area is 119 Å². The van der Waals surface area contributed by atoms with E-state index in [-0.39, 0.29) is 11.9 Å². The molecule has 108 valence electrons. The van der Waals surface area contributed by atoms with Gasteiger partial charge in [-0.15, -0.1) is 0 Å². The van der Waals surface area contributed by atoms with E-state index in [4.69, 9.17) is 4.74 Å². The number of amides is 3. The first-order chi connectivity index (χ1) is 9.19. The van der Waals surface area contributed by atoms with Gasteiger partial charge in [-0.25, -0.2) is 4.79 Å². The van der Waals surface area contributed by atoms with Crippen molar-refractivity contribution in [1.82, 2.24) is 10.2 Å². The van der Waals surface area contributed by atoms with Crippen molar-refractivity contribution in [2.75, 3.05) is 25.5 Å². The monoisotopic (exact) mass is 286 g/mol. The summed E-state index contributed by atoms with van der Waals surface area (Å²) in [5.41, 5.74) is -0.680. The van der Waals surface area contributed by atoms with Crippen LogP contribution in [0.25, 0.3) is 0 Å². The Hall–Kier alpha value is -0.750. The molecule has 0 radical (unpaired) electrons. The maximum Gasteiger partial charge on any atom is 0.325 e. The molecule has 2 rings (SSSR count). The molecule has 2 heterocycles. The van der Waals surface area contributed by atoms with Gasteiger partial charge in [-0.1, -0.05) is 12.8 Å². The molecule has 0 unspecified atom stereocenters. The Morgan fingerprint density at radius 3 is 2.53 bits per heavy atom. The smallest absolute Gasteiger partial charge is 0.325 e. The van der Waals surface area contributed by atoms with Crippen LogP contribution in [-0.2, 0) is 9.53 Å². The molecule has 6 heteroatoms. The SMILES string of the molecule is O=C1NC2(CCOCC2)C(=O)N1CCCCCCS. The van der Waals surface area contributed by atoms with Crippen molar-refractivity contribution in [2.45, 2.75) is 44.1 Å². The number of thiol groups is 1. The lowest BCUT2D eigenvalue weighted by Crippen LogP contribution is -2.51. The molecule has 2 fully saturated rings. The van der Waals surface area contributed by atoms with Crippen molar-refractivity contribution in [3.8, 4) is 0 Å². The number of nitrogens with zero attached hydrogens (tertiary/aromatic N) is 1. The summed E-state index contributed by atoms with van der Waals surface area (Å²) in [4.78, 5) is 25.7. The van der Waals surface area contributed by atoms with Crippen LogP contribution >= 0.6 is 12.6 Å². The first kappa shape index (κ1) is 14.7. The van der Waals surface area contributed by atoms with Gasteiger partial charge in [-0.3, -0.25) is 9.69 Å². The lowest BCUT2D eigenvalue weighted by Gasteiger charge is -2.30. The second kappa shape index (κ2) is 6.61. The zero-order valence-corrected chi connectivity index (χ0v) is 12.1. The number of ether oxygens (including phenoxy) is 1. The van der Waals surface area contributed by atoms with Gasteiger partial charge in [0.1, 0.15) is 5.54 Å². The molecule has 2 aliphatic rings. The molecule has 0 aromatic carbocycles. The molecule has 0 saturated carbocycles. The summed E-state index contributed by atoms with van der Waals surface area (Å²) in [6, 6.07) is -0.235. The van der Waals surface area contributed by atoms with Crippen molar-refractivity contribution < 1.29 is 14.3 Å². The fraction of sp³-hybridized carbons (Fsp3) is 0.846. The molecule has 1 N–H and O–H groups in total. The number of hydrogen-bond donors (Lipinski definition) is 2. The van der Waals surface area contributed by atoms with E-state index < -0.39 is 5.54 Å². The molecule has 0 aliphatic carbocycles. The normalized spacial score (nSPS) is 22.1. The van der Waals surface area contributed by atoms with Gasteiger partial charge in [0.15, 0.2) is 0 Å². The topological polar surface area (TPSA) is 58.6 Å². The zero-order valence-electron chi connectivity index (χ0n) is 11.2. The summed E-state index contributed by atoms with van der Waals surface area (Å²) in [6.07, 6.45) is 5.28. The van der Waals surface area contributed by atoms with E-state index in [0.29, 0.717) is 32.6 Å². The molecular formula is C13H22N2O3S. The summed E-state index contributed by atoms with van der Waals surface area (Å²) >= 11 is 4.16. The second-order valence-electron chi connectivity index (χ2n) is 5.22. The summed E-state index contributed by atoms with van der Waals surface area (Å²) in [7, 11) is 0. The minimum atomic E-state index is -0.680. The van der Waals surface area contributed by atoms with Crippen LogP contribution in [0.1, 0.15) is 38.5 Å². The maximum atomic E-state index is 12.4. The highest BCUT2D eigenvalue weighted by atomic mass is 32.1. The summed E-state index contributed by atoms with van der Waals surface area (Å²) in [5.74, 6) is 0.835. The van der Waals surface area contributed by atoms with E-state index in [9.17, 15) is 9.59 Å². The maximum absolute atomic E-state index is 12.4. The molecule has 0 bridgehead atoms. The molecular weight excluding hydrogens is 264 g/mol. The third-order valence-electron chi connectivity index (χ3n) is 3.88. The van der Waals surface area contributed by atoms with Crippen molar-refractivity contribution >= 4 is 24.6 Å². The Balaban J connectivity index is 1.84. The lowest BCUT2D eigenvalue weighted by molar-refractivity contribution is -0.134. The van der Waals surface area contributed by atoms with E-state index >= 15 is 0 Å². The van der Waals surface area contributed by atoms with Crippen LogP contribution in [0.4, 0.5) is 4.79 Å². The number of hydrogen-bond acceptors (Lipinski definition) is 4. The van der Waals surface area contributed by atoms with Gasteiger partial charge in [0.2, 0.25) is 0 Å². The molecule has 0 aromatic rings. The standard InChI is InChI=1S/C13H22N2O3S/c16-11-13(5-8-18-9-6-13)14-12(17)15(11)7-3-1-2-4-10-19/h19H,1-10H2,(H,14,17).